The maximum absolute atomic E-state index is 5.38. The number of para-hydroxylation sites is 1. The van der Waals surface area contributed by atoms with Gasteiger partial charge in [-0.2, -0.15) is 0 Å². The Morgan fingerprint density at radius 2 is 0.918 bits per heavy atom. The van der Waals surface area contributed by atoms with Crippen LogP contribution in [0.2, 0.25) is 13.1 Å². The van der Waals surface area contributed by atoms with Crippen LogP contribution < -0.4 is 10.5 Å². The first-order chi connectivity index (χ1) is 24.0. The smallest absolute Gasteiger partial charge is 0.160 e. The molecule has 0 unspecified atom stereocenters. The molecule has 1 aliphatic heterocycles. The number of benzene rings is 6. The Labute approximate surface area is 286 Å². The van der Waals surface area contributed by atoms with Crippen LogP contribution in [0.25, 0.3) is 78.4 Å². The van der Waals surface area contributed by atoms with Gasteiger partial charge in [-0.1, -0.05) is 153 Å². The van der Waals surface area contributed by atoms with Crippen LogP contribution >= 0.6 is 0 Å². The molecule has 2 aromatic heterocycles. The molecule has 8 aromatic rings. The van der Waals surface area contributed by atoms with Gasteiger partial charge in [-0.05, 0) is 40.1 Å². The topological polar surface area (TPSA) is 51.6 Å². The minimum Gasteiger partial charge on any atom is -0.237 e. The summed E-state index contributed by atoms with van der Waals surface area (Å²) in [6.45, 7) is 4.81. The van der Waals surface area contributed by atoms with Gasteiger partial charge in [0.05, 0.1) is 16.9 Å². The fraction of sp³-hybridized carbons (Fsp3) is 0.0455. The van der Waals surface area contributed by atoms with Crippen molar-refractivity contribution in [3.05, 3.63) is 158 Å². The van der Waals surface area contributed by atoms with E-state index in [0.717, 1.165) is 61.5 Å². The van der Waals surface area contributed by atoms with Crippen LogP contribution in [0, 0.1) is 0 Å². The van der Waals surface area contributed by atoms with E-state index in [4.69, 9.17) is 19.9 Å². The molecule has 0 saturated carbocycles. The third-order valence-corrected chi connectivity index (χ3v) is 13.0. The maximum Gasteiger partial charge on any atom is 0.160 e. The van der Waals surface area contributed by atoms with E-state index in [9.17, 15) is 0 Å². The molecular weight excluding hydrogens is 613 g/mol. The van der Waals surface area contributed by atoms with Crippen LogP contribution in [0.1, 0.15) is 0 Å². The first kappa shape index (κ1) is 29.1. The zero-order chi connectivity index (χ0) is 33.0. The summed E-state index contributed by atoms with van der Waals surface area (Å²) in [5.74, 6) is 1.46. The lowest BCUT2D eigenvalue weighted by Crippen LogP contribution is -2.50. The number of aromatic nitrogens is 4. The summed E-state index contributed by atoms with van der Waals surface area (Å²) in [5.41, 5.74) is 11.7. The molecule has 4 nitrogen and oxygen atoms in total. The first-order valence-corrected chi connectivity index (χ1v) is 19.7. The highest BCUT2D eigenvalue weighted by molar-refractivity contribution is 7.03. The maximum atomic E-state index is 5.38. The van der Waals surface area contributed by atoms with E-state index in [1.54, 1.807) is 0 Å². The van der Waals surface area contributed by atoms with E-state index < -0.39 is 8.07 Å². The number of rotatable bonds is 5. The molecule has 1 aliphatic rings. The van der Waals surface area contributed by atoms with Crippen molar-refractivity contribution in [1.82, 2.24) is 19.9 Å². The quantitative estimate of drug-likeness (QED) is 0.175. The molecule has 0 aliphatic carbocycles. The number of hydrogen-bond acceptors (Lipinski definition) is 4. The van der Waals surface area contributed by atoms with Gasteiger partial charge in [-0.3, -0.25) is 0 Å². The molecule has 9 rings (SSSR count). The summed E-state index contributed by atoms with van der Waals surface area (Å²) in [7, 11) is -2.05. The van der Waals surface area contributed by atoms with Crippen LogP contribution in [0.5, 0.6) is 0 Å². The van der Waals surface area contributed by atoms with Crippen molar-refractivity contribution in [1.29, 1.82) is 0 Å². The molecular formula is C44H32N4Si. The largest absolute Gasteiger partial charge is 0.237 e. The average molecular weight is 645 g/mol. The van der Waals surface area contributed by atoms with Gasteiger partial charge in [0.15, 0.2) is 11.6 Å². The molecule has 0 N–H and O–H groups in total. The van der Waals surface area contributed by atoms with E-state index in [1.807, 2.05) is 18.2 Å². The van der Waals surface area contributed by atoms with Gasteiger partial charge in [0.2, 0.25) is 0 Å². The lowest BCUT2D eigenvalue weighted by molar-refractivity contribution is 1.21. The zero-order valence-corrected chi connectivity index (χ0v) is 28.3. The van der Waals surface area contributed by atoms with Crippen molar-refractivity contribution < 1.29 is 0 Å². The highest BCUT2D eigenvalue weighted by Gasteiger charge is 2.41. The summed E-state index contributed by atoms with van der Waals surface area (Å²) in [4.78, 5) is 20.8. The Kier molecular flexibility index (Phi) is 6.88. The minimum atomic E-state index is -2.05. The molecule has 0 spiro atoms. The van der Waals surface area contributed by atoms with Gasteiger partial charge in [-0.15, -0.1) is 0 Å². The molecule has 0 atom stereocenters. The molecule has 5 heteroatoms. The molecule has 6 aromatic carbocycles. The average Bonchev–Trinajstić information content (AvgIpc) is 3.40. The Morgan fingerprint density at radius 3 is 1.61 bits per heavy atom. The summed E-state index contributed by atoms with van der Waals surface area (Å²) < 4.78 is 0. The summed E-state index contributed by atoms with van der Waals surface area (Å²) >= 11 is 0. The van der Waals surface area contributed by atoms with Crippen LogP contribution in [0.15, 0.2) is 158 Å². The lowest BCUT2D eigenvalue weighted by atomic mass is 9.99. The van der Waals surface area contributed by atoms with E-state index in [0.29, 0.717) is 5.82 Å². The number of hydrogen-bond donors (Lipinski definition) is 0. The molecule has 3 heterocycles. The Hall–Kier alpha value is -6.04. The van der Waals surface area contributed by atoms with Gasteiger partial charge in [-0.25, -0.2) is 19.9 Å². The van der Waals surface area contributed by atoms with Crippen LogP contribution in [-0.2, 0) is 0 Å². The standard InChI is InChI=1S/C44H32N4Si/c1-49(2)38-26-12-10-24-36(38)39-41(30-17-7-4-8-18-30)47-43(48-44(39)49)34-22-14-20-32(28-34)31-19-13-21-33(27-31)42-45-37-25-11-9-23-35(37)40(46-42)29-15-5-3-6-16-29/h3-28H,1-2H3. The Morgan fingerprint density at radius 1 is 0.408 bits per heavy atom. The second-order valence-electron chi connectivity index (χ2n) is 13.1. The van der Waals surface area contributed by atoms with Gasteiger partial charge in [0, 0.05) is 38.5 Å². The highest BCUT2D eigenvalue weighted by Crippen LogP contribution is 2.37. The van der Waals surface area contributed by atoms with Crippen molar-refractivity contribution in [2.45, 2.75) is 13.1 Å². The highest BCUT2D eigenvalue weighted by atomic mass is 28.3. The van der Waals surface area contributed by atoms with Gasteiger partial charge in [0.25, 0.3) is 0 Å². The fourth-order valence-electron chi connectivity index (χ4n) is 7.17. The fourth-order valence-corrected chi connectivity index (χ4v) is 10.1. The predicted molar refractivity (Wildman–Crippen MR) is 204 cm³/mol. The van der Waals surface area contributed by atoms with E-state index in [-0.39, 0.29) is 0 Å². The predicted octanol–water partition coefficient (Wildman–Crippen LogP) is 9.56. The van der Waals surface area contributed by atoms with Crippen LogP contribution in [0.3, 0.4) is 0 Å². The molecule has 0 saturated heterocycles. The number of fused-ring (bicyclic) bond motifs is 4. The van der Waals surface area contributed by atoms with E-state index >= 15 is 0 Å². The van der Waals surface area contributed by atoms with Crippen LogP contribution in [-0.4, -0.2) is 28.0 Å². The summed E-state index contributed by atoms with van der Waals surface area (Å²) in [5, 5.41) is 3.66. The lowest BCUT2D eigenvalue weighted by Gasteiger charge is -2.19. The normalized spacial score (nSPS) is 12.9. The molecule has 0 fully saturated rings. The van der Waals surface area contributed by atoms with Gasteiger partial charge < -0.3 is 0 Å². The molecule has 232 valence electrons. The first-order valence-electron chi connectivity index (χ1n) is 16.7. The summed E-state index contributed by atoms with van der Waals surface area (Å²) in [6, 6.07) is 55.0. The van der Waals surface area contributed by atoms with Gasteiger partial charge >= 0.3 is 0 Å². The van der Waals surface area contributed by atoms with Crippen molar-refractivity contribution in [3.8, 4) is 67.5 Å². The Balaban J connectivity index is 1.16. The number of nitrogens with zero attached hydrogens (tertiary/aromatic N) is 4. The van der Waals surface area contributed by atoms with Gasteiger partial charge in [0.1, 0.15) is 8.07 Å². The molecule has 49 heavy (non-hydrogen) atoms. The monoisotopic (exact) mass is 644 g/mol. The van der Waals surface area contributed by atoms with E-state index in [1.165, 1.54) is 21.6 Å². The SMILES string of the molecule is C[Si]1(C)c2ccccc2-c2c(-c3ccccc3)nc(-c3cccc(-c4cccc(-c5nc(-c6ccccc6)c6ccccc6n5)c4)c3)nc21. The van der Waals surface area contributed by atoms with E-state index in [2.05, 4.69) is 153 Å². The molecule has 0 bridgehead atoms. The second kappa shape index (κ2) is 11.6. The minimum absolute atomic E-state index is 0.705. The third kappa shape index (κ3) is 4.98. The van der Waals surface area contributed by atoms with Crippen molar-refractivity contribution >= 4 is 29.5 Å². The molecule has 0 amide bonds. The second-order valence-corrected chi connectivity index (χ2v) is 17.4. The summed E-state index contributed by atoms with van der Waals surface area (Å²) in [6.07, 6.45) is 0. The van der Waals surface area contributed by atoms with Crippen molar-refractivity contribution in [2.24, 2.45) is 0 Å². The zero-order valence-electron chi connectivity index (χ0n) is 27.3. The van der Waals surface area contributed by atoms with Crippen molar-refractivity contribution in [3.63, 3.8) is 0 Å². The van der Waals surface area contributed by atoms with Crippen molar-refractivity contribution in [2.75, 3.05) is 0 Å². The third-order valence-electron chi connectivity index (χ3n) is 9.64. The molecule has 0 radical (unpaired) electrons. The van der Waals surface area contributed by atoms with Crippen LogP contribution in [0.4, 0.5) is 0 Å². The Bertz CT molecular complexity index is 2530.